The van der Waals surface area contributed by atoms with Crippen molar-refractivity contribution in [1.29, 1.82) is 0 Å². The Kier molecular flexibility index (Phi) is 4.14. The van der Waals surface area contributed by atoms with Crippen LogP contribution in [-0.4, -0.2) is 23.7 Å². The summed E-state index contributed by atoms with van der Waals surface area (Å²) in [5, 5.41) is -0.483. The molecule has 2 aromatic rings. The topological polar surface area (TPSA) is 50.3 Å². The zero-order valence-corrected chi connectivity index (χ0v) is 14.4. The Labute approximate surface area is 143 Å². The summed E-state index contributed by atoms with van der Waals surface area (Å²) < 4.78 is 28.1. The fourth-order valence-corrected chi connectivity index (χ4v) is 6.54. The normalized spacial score (nSPS) is 27.5. The molecule has 1 saturated carbocycles. The zero-order chi connectivity index (χ0) is 16.6. The molecule has 0 N–H and O–H groups in total. The SMILES string of the molecule is O=S1(=O)[C@@H](c2ccccc2)[C@@H](c2ccncc2)N1C1CCCCC1. The monoisotopic (exact) mass is 342 g/mol. The van der Waals surface area contributed by atoms with E-state index >= 15 is 0 Å². The molecule has 1 aromatic carbocycles. The summed E-state index contributed by atoms with van der Waals surface area (Å²) in [6.07, 6.45) is 8.91. The van der Waals surface area contributed by atoms with Crippen molar-refractivity contribution in [2.45, 2.75) is 49.4 Å². The van der Waals surface area contributed by atoms with Gasteiger partial charge in [-0.05, 0) is 36.1 Å². The van der Waals surface area contributed by atoms with Gasteiger partial charge in [-0.2, -0.15) is 4.31 Å². The average molecular weight is 342 g/mol. The summed E-state index contributed by atoms with van der Waals surface area (Å²) >= 11 is 0. The molecule has 1 aromatic heterocycles. The predicted molar refractivity (Wildman–Crippen MR) is 93.8 cm³/mol. The molecule has 1 aliphatic carbocycles. The highest BCUT2D eigenvalue weighted by molar-refractivity contribution is 7.90. The Bertz CT molecular complexity index is 787. The molecule has 126 valence electrons. The highest BCUT2D eigenvalue weighted by Crippen LogP contribution is 2.54. The Balaban J connectivity index is 1.76. The molecule has 2 heterocycles. The quantitative estimate of drug-likeness (QED) is 0.851. The molecule has 0 spiro atoms. The summed E-state index contributed by atoms with van der Waals surface area (Å²) in [5.41, 5.74) is 1.92. The smallest absolute Gasteiger partial charge is 0.223 e. The second kappa shape index (κ2) is 6.30. The Morgan fingerprint density at radius 3 is 2.21 bits per heavy atom. The van der Waals surface area contributed by atoms with E-state index in [0.717, 1.165) is 36.8 Å². The van der Waals surface area contributed by atoms with Crippen molar-refractivity contribution in [3.05, 3.63) is 66.0 Å². The third-order valence-electron chi connectivity index (χ3n) is 5.29. The van der Waals surface area contributed by atoms with Crippen LogP contribution in [0.5, 0.6) is 0 Å². The van der Waals surface area contributed by atoms with Gasteiger partial charge in [-0.1, -0.05) is 49.6 Å². The van der Waals surface area contributed by atoms with E-state index in [1.54, 1.807) is 16.7 Å². The predicted octanol–water partition coefficient (Wildman–Crippen LogP) is 3.84. The van der Waals surface area contributed by atoms with Gasteiger partial charge in [0.05, 0.1) is 6.04 Å². The average Bonchev–Trinajstić information content (AvgIpc) is 2.62. The molecule has 0 unspecified atom stereocenters. The second-order valence-corrected chi connectivity index (χ2v) is 8.68. The van der Waals surface area contributed by atoms with Gasteiger partial charge in [-0.3, -0.25) is 4.98 Å². The lowest BCUT2D eigenvalue weighted by molar-refractivity contribution is 0.156. The number of benzene rings is 1. The number of hydrogen-bond donors (Lipinski definition) is 0. The zero-order valence-electron chi connectivity index (χ0n) is 13.6. The van der Waals surface area contributed by atoms with Crippen molar-refractivity contribution in [1.82, 2.24) is 9.29 Å². The van der Waals surface area contributed by atoms with Crippen LogP contribution in [0.4, 0.5) is 0 Å². The van der Waals surface area contributed by atoms with Crippen LogP contribution in [0.25, 0.3) is 0 Å². The first-order valence-electron chi connectivity index (χ1n) is 8.67. The largest absolute Gasteiger partial charge is 0.265 e. The molecule has 2 atom stereocenters. The lowest BCUT2D eigenvalue weighted by atomic mass is 9.91. The van der Waals surface area contributed by atoms with Gasteiger partial charge in [0.25, 0.3) is 0 Å². The Hall–Kier alpha value is -1.72. The first-order valence-corrected chi connectivity index (χ1v) is 10.2. The molecular weight excluding hydrogens is 320 g/mol. The third kappa shape index (κ3) is 2.56. The Morgan fingerprint density at radius 2 is 1.54 bits per heavy atom. The first-order chi connectivity index (χ1) is 11.7. The molecule has 4 rings (SSSR count). The maximum Gasteiger partial charge on any atom is 0.223 e. The number of hydrogen-bond acceptors (Lipinski definition) is 3. The van der Waals surface area contributed by atoms with E-state index in [1.807, 2.05) is 42.5 Å². The summed E-state index contributed by atoms with van der Waals surface area (Å²) in [7, 11) is -3.30. The minimum absolute atomic E-state index is 0.108. The van der Waals surface area contributed by atoms with Crippen LogP contribution in [0.2, 0.25) is 0 Å². The highest BCUT2D eigenvalue weighted by Gasteiger charge is 2.57. The minimum Gasteiger partial charge on any atom is -0.265 e. The van der Waals surface area contributed by atoms with Gasteiger partial charge in [0.2, 0.25) is 10.0 Å². The maximum atomic E-state index is 13.1. The number of rotatable bonds is 3. The van der Waals surface area contributed by atoms with Gasteiger partial charge in [-0.25, -0.2) is 8.42 Å². The molecule has 5 heteroatoms. The molecule has 1 aliphatic heterocycles. The lowest BCUT2D eigenvalue weighted by Crippen LogP contribution is -2.57. The van der Waals surface area contributed by atoms with Gasteiger partial charge in [0.1, 0.15) is 5.25 Å². The van der Waals surface area contributed by atoms with Crippen molar-refractivity contribution in [3.63, 3.8) is 0 Å². The summed E-state index contributed by atoms with van der Waals surface area (Å²) in [5.74, 6) is 0. The van der Waals surface area contributed by atoms with Crippen LogP contribution in [-0.2, 0) is 10.0 Å². The first kappa shape index (κ1) is 15.8. The molecule has 0 amide bonds. The molecule has 2 fully saturated rings. The van der Waals surface area contributed by atoms with E-state index in [9.17, 15) is 8.42 Å². The molecule has 4 nitrogen and oxygen atoms in total. The van der Waals surface area contributed by atoms with Crippen molar-refractivity contribution in [2.75, 3.05) is 0 Å². The van der Waals surface area contributed by atoms with Crippen LogP contribution < -0.4 is 0 Å². The lowest BCUT2D eigenvalue weighted by Gasteiger charge is -2.51. The van der Waals surface area contributed by atoms with Crippen LogP contribution >= 0.6 is 0 Å². The van der Waals surface area contributed by atoms with Gasteiger partial charge in [0, 0.05) is 18.4 Å². The van der Waals surface area contributed by atoms with Gasteiger partial charge in [-0.15, -0.1) is 0 Å². The van der Waals surface area contributed by atoms with Crippen molar-refractivity contribution < 1.29 is 8.42 Å². The van der Waals surface area contributed by atoms with Crippen LogP contribution in [0, 0.1) is 0 Å². The van der Waals surface area contributed by atoms with E-state index < -0.39 is 15.3 Å². The number of pyridine rings is 1. The van der Waals surface area contributed by atoms with Crippen molar-refractivity contribution in [3.8, 4) is 0 Å². The van der Waals surface area contributed by atoms with E-state index in [2.05, 4.69) is 4.98 Å². The minimum atomic E-state index is -3.30. The van der Waals surface area contributed by atoms with Crippen LogP contribution in [0.3, 0.4) is 0 Å². The maximum absolute atomic E-state index is 13.1. The summed E-state index contributed by atoms with van der Waals surface area (Å²) in [4.78, 5) is 4.09. The second-order valence-electron chi connectivity index (χ2n) is 6.72. The van der Waals surface area contributed by atoms with Gasteiger partial charge in [0.15, 0.2) is 0 Å². The molecular formula is C19H22N2O2S. The van der Waals surface area contributed by atoms with Crippen LogP contribution in [0.1, 0.15) is 54.5 Å². The van der Waals surface area contributed by atoms with Crippen molar-refractivity contribution >= 4 is 10.0 Å². The molecule has 24 heavy (non-hydrogen) atoms. The summed E-state index contributed by atoms with van der Waals surface area (Å²) in [6.45, 7) is 0. The Morgan fingerprint density at radius 1 is 0.875 bits per heavy atom. The van der Waals surface area contributed by atoms with E-state index in [1.165, 1.54) is 6.42 Å². The molecule has 0 radical (unpaired) electrons. The van der Waals surface area contributed by atoms with Crippen molar-refractivity contribution in [2.24, 2.45) is 0 Å². The van der Waals surface area contributed by atoms with Gasteiger partial charge >= 0.3 is 0 Å². The third-order valence-corrected chi connectivity index (χ3v) is 7.57. The number of aromatic nitrogens is 1. The van der Waals surface area contributed by atoms with E-state index in [0.29, 0.717) is 0 Å². The highest BCUT2D eigenvalue weighted by atomic mass is 32.2. The summed E-state index contributed by atoms with van der Waals surface area (Å²) in [6, 6.07) is 13.5. The number of nitrogens with zero attached hydrogens (tertiary/aromatic N) is 2. The standard InChI is InChI=1S/C19H22N2O2S/c22-24(23)19(16-7-3-1-4-8-16)18(15-11-13-20-14-12-15)21(24)17-9-5-2-6-10-17/h1,3-4,7-8,11-14,17-19H,2,5-6,9-10H2/t18-,19+/m1/s1. The molecule has 0 bridgehead atoms. The molecule has 2 aliphatic rings. The van der Waals surface area contributed by atoms with Crippen LogP contribution in [0.15, 0.2) is 54.9 Å². The van der Waals surface area contributed by atoms with E-state index in [-0.39, 0.29) is 12.1 Å². The fourth-order valence-electron chi connectivity index (χ4n) is 4.17. The van der Waals surface area contributed by atoms with Gasteiger partial charge < -0.3 is 0 Å². The fraction of sp³-hybridized carbons (Fsp3) is 0.421. The molecule has 1 saturated heterocycles. The van der Waals surface area contributed by atoms with E-state index in [4.69, 9.17) is 0 Å². The number of sulfonamides is 1.